The standard InChI is InChI=1S/2C14H17.2ClH.Zr/c2*1-4-5-12-8-13-6-10(2)11(3)7-14(13)9-12;;;/h2*6-9H,4-5H2,1-3H3;2*1H;/q;;;;+2/p-2. The molecule has 0 amide bonds. The van der Waals surface area contributed by atoms with Crippen LogP contribution < -0.4 is 24.8 Å². The van der Waals surface area contributed by atoms with Gasteiger partial charge in [-0.2, -0.15) is 0 Å². The molecule has 0 bridgehead atoms. The quantitative estimate of drug-likeness (QED) is 0.535. The largest absolute Gasteiger partial charge is 1.00 e. The first-order valence-corrected chi connectivity index (χ1v) is 14.2. The summed E-state index contributed by atoms with van der Waals surface area (Å²) in [4.78, 5) is 0. The molecule has 0 spiro atoms. The minimum absolute atomic E-state index is 0. The van der Waals surface area contributed by atoms with Gasteiger partial charge in [0.25, 0.3) is 0 Å². The van der Waals surface area contributed by atoms with Gasteiger partial charge in [-0.05, 0) is 0 Å². The average Bonchev–Trinajstić information content (AvgIpc) is 3.16. The summed E-state index contributed by atoms with van der Waals surface area (Å²) < 4.78 is 1.48. The van der Waals surface area contributed by atoms with Gasteiger partial charge in [0, 0.05) is 0 Å². The third-order valence-electron chi connectivity index (χ3n) is 6.85. The van der Waals surface area contributed by atoms with Crippen LogP contribution in [0.15, 0.2) is 35.4 Å². The molecule has 4 rings (SSSR count). The van der Waals surface area contributed by atoms with Gasteiger partial charge in [-0.25, -0.2) is 0 Å². The second-order valence-electron chi connectivity index (χ2n) is 9.10. The number of hydrogen-bond donors (Lipinski definition) is 0. The maximum absolute atomic E-state index is 2.55. The van der Waals surface area contributed by atoms with Crippen LogP contribution in [-0.2, 0) is 23.2 Å². The van der Waals surface area contributed by atoms with Crippen molar-refractivity contribution in [2.24, 2.45) is 0 Å². The molecule has 0 fully saturated rings. The smallest absolute Gasteiger partial charge is 1.00 e. The number of benzene rings is 2. The van der Waals surface area contributed by atoms with Gasteiger partial charge < -0.3 is 24.8 Å². The number of allylic oxidation sites excluding steroid dienone is 2. The Bertz CT molecular complexity index is 935. The number of rotatable bonds is 6. The molecule has 0 N–H and O–H groups in total. The van der Waals surface area contributed by atoms with E-state index in [1.165, 1.54) is 59.1 Å². The van der Waals surface area contributed by atoms with Gasteiger partial charge in [0.2, 0.25) is 0 Å². The Kier molecular flexibility index (Phi) is 9.45. The molecule has 2 aromatic carbocycles. The van der Waals surface area contributed by atoms with Crippen LogP contribution in [-0.4, -0.2) is 0 Å². The zero-order valence-corrected chi connectivity index (χ0v) is 23.7. The van der Waals surface area contributed by atoms with E-state index in [2.05, 4.69) is 78.0 Å². The van der Waals surface area contributed by atoms with Crippen molar-refractivity contribution in [3.05, 3.63) is 79.9 Å². The van der Waals surface area contributed by atoms with E-state index >= 15 is 0 Å². The van der Waals surface area contributed by atoms with Crippen LogP contribution in [0.5, 0.6) is 0 Å². The van der Waals surface area contributed by atoms with Crippen molar-refractivity contribution in [1.82, 2.24) is 0 Å². The summed E-state index contributed by atoms with van der Waals surface area (Å²) in [6.07, 6.45) is 10.1. The molecular formula is C28H34Cl2Zr. The Morgan fingerprint density at radius 3 is 1.32 bits per heavy atom. The first-order valence-electron chi connectivity index (χ1n) is 11.3. The number of hydrogen-bond acceptors (Lipinski definition) is 0. The van der Waals surface area contributed by atoms with Gasteiger partial charge in [-0.15, -0.1) is 0 Å². The van der Waals surface area contributed by atoms with Crippen LogP contribution in [0.4, 0.5) is 0 Å². The molecular weight excluding hydrogens is 498 g/mol. The number of aryl methyl sites for hydroxylation is 4. The summed E-state index contributed by atoms with van der Waals surface area (Å²) in [5.41, 5.74) is 15.6. The fourth-order valence-corrected chi connectivity index (χ4v) is 10.1. The molecule has 2 unspecified atom stereocenters. The van der Waals surface area contributed by atoms with E-state index in [-0.39, 0.29) is 24.8 Å². The predicted molar refractivity (Wildman–Crippen MR) is 123 cm³/mol. The Balaban J connectivity index is 0.00000171. The van der Waals surface area contributed by atoms with Crippen LogP contribution >= 0.6 is 0 Å². The summed E-state index contributed by atoms with van der Waals surface area (Å²) in [5, 5.41) is 0. The maximum Gasteiger partial charge on any atom is -1.00 e. The first kappa shape index (κ1) is 26.6. The van der Waals surface area contributed by atoms with Crippen LogP contribution in [0.2, 0.25) is 0 Å². The summed E-state index contributed by atoms with van der Waals surface area (Å²) in [5.74, 6) is 0. The first-order chi connectivity index (χ1) is 13.9. The van der Waals surface area contributed by atoms with E-state index in [9.17, 15) is 0 Å². The molecule has 0 nitrogen and oxygen atoms in total. The SMILES string of the molecule is CCCC1=Cc2cc(C)c(C)cc2[CH]1[Zr+2][CH]1C(CCC)=Cc2cc(C)c(C)cc21.[Cl-].[Cl-]. The van der Waals surface area contributed by atoms with E-state index in [1.807, 2.05) is 0 Å². The molecule has 0 aliphatic heterocycles. The van der Waals surface area contributed by atoms with Crippen molar-refractivity contribution in [3.8, 4) is 0 Å². The minimum atomic E-state index is -0.742. The second kappa shape index (κ2) is 11.0. The van der Waals surface area contributed by atoms with Gasteiger partial charge in [0.1, 0.15) is 0 Å². The van der Waals surface area contributed by atoms with Crippen molar-refractivity contribution in [3.63, 3.8) is 0 Å². The van der Waals surface area contributed by atoms with Crippen LogP contribution in [0.3, 0.4) is 0 Å². The Morgan fingerprint density at radius 1 is 0.613 bits per heavy atom. The minimum Gasteiger partial charge on any atom is -1.00 e. The molecule has 2 atom stereocenters. The molecule has 0 radical (unpaired) electrons. The van der Waals surface area contributed by atoms with Crippen LogP contribution in [0.1, 0.15) is 91.3 Å². The fraction of sp³-hybridized carbons (Fsp3) is 0.429. The van der Waals surface area contributed by atoms with E-state index in [4.69, 9.17) is 0 Å². The van der Waals surface area contributed by atoms with E-state index < -0.39 is 23.2 Å². The summed E-state index contributed by atoms with van der Waals surface area (Å²) in [7, 11) is 0. The molecule has 2 aliphatic carbocycles. The van der Waals surface area contributed by atoms with Gasteiger partial charge >= 0.3 is 190 Å². The molecule has 31 heavy (non-hydrogen) atoms. The van der Waals surface area contributed by atoms with Gasteiger partial charge in [-0.3, -0.25) is 0 Å². The molecule has 0 heterocycles. The maximum atomic E-state index is 2.55. The number of halogens is 2. The predicted octanol–water partition coefficient (Wildman–Crippen LogP) is 2.19. The Morgan fingerprint density at radius 2 is 0.968 bits per heavy atom. The van der Waals surface area contributed by atoms with Crippen LogP contribution in [0.25, 0.3) is 12.2 Å². The molecule has 2 aliphatic rings. The molecule has 3 heteroatoms. The molecule has 0 saturated carbocycles. The summed E-state index contributed by atoms with van der Waals surface area (Å²) >= 11 is -0.742. The molecule has 0 aromatic heterocycles. The van der Waals surface area contributed by atoms with Crippen molar-refractivity contribution in [2.45, 2.75) is 74.5 Å². The summed E-state index contributed by atoms with van der Waals surface area (Å²) in [6, 6.07) is 9.93. The Hall–Kier alpha value is -0.617. The summed E-state index contributed by atoms with van der Waals surface area (Å²) in [6.45, 7) is 13.8. The van der Waals surface area contributed by atoms with Gasteiger partial charge in [0.15, 0.2) is 0 Å². The zero-order valence-electron chi connectivity index (χ0n) is 19.7. The zero-order chi connectivity index (χ0) is 20.7. The van der Waals surface area contributed by atoms with E-state index in [1.54, 1.807) is 22.3 Å². The topological polar surface area (TPSA) is 0 Å². The van der Waals surface area contributed by atoms with Crippen molar-refractivity contribution >= 4 is 12.2 Å². The molecule has 164 valence electrons. The van der Waals surface area contributed by atoms with Crippen molar-refractivity contribution < 1.29 is 48.0 Å². The van der Waals surface area contributed by atoms with E-state index in [0.29, 0.717) is 0 Å². The third-order valence-corrected chi connectivity index (χ3v) is 11.8. The Labute approximate surface area is 213 Å². The molecule has 2 aromatic rings. The van der Waals surface area contributed by atoms with Gasteiger partial charge in [-0.1, -0.05) is 0 Å². The second-order valence-corrected chi connectivity index (χ2v) is 12.8. The van der Waals surface area contributed by atoms with E-state index in [0.717, 1.165) is 7.25 Å². The number of fused-ring (bicyclic) bond motifs is 2. The monoisotopic (exact) mass is 530 g/mol. The third kappa shape index (κ3) is 5.15. The van der Waals surface area contributed by atoms with Gasteiger partial charge in [0.05, 0.1) is 0 Å². The fourth-order valence-electron chi connectivity index (χ4n) is 5.01. The average molecular weight is 533 g/mol. The molecule has 0 saturated heterocycles. The normalized spacial score (nSPS) is 18.3. The van der Waals surface area contributed by atoms with Crippen molar-refractivity contribution in [2.75, 3.05) is 0 Å². The van der Waals surface area contributed by atoms with Crippen LogP contribution in [0, 0.1) is 27.7 Å². The van der Waals surface area contributed by atoms with Crippen molar-refractivity contribution in [1.29, 1.82) is 0 Å².